The third-order valence-electron chi connectivity index (χ3n) is 3.97. The zero-order chi connectivity index (χ0) is 18.0. The normalized spacial score (nSPS) is 16.6. The lowest BCUT2D eigenvalue weighted by Gasteiger charge is -2.12. The number of rotatable bonds is 4. The largest absolute Gasteiger partial charge is 0.508 e. The minimum atomic E-state index is -0.520. The zero-order valence-corrected chi connectivity index (χ0v) is 14.8. The smallest absolute Gasteiger partial charge is 0.260 e. The van der Waals surface area contributed by atoms with Gasteiger partial charge in [-0.05, 0) is 49.2 Å². The minimum absolute atomic E-state index is 0.0718. The third-order valence-corrected chi connectivity index (χ3v) is 5.17. The Balaban J connectivity index is 1.65. The van der Waals surface area contributed by atoms with Crippen molar-refractivity contribution >= 4 is 34.3 Å². The van der Waals surface area contributed by atoms with Crippen molar-refractivity contribution in [2.45, 2.75) is 25.5 Å². The van der Waals surface area contributed by atoms with E-state index < -0.39 is 5.25 Å². The van der Waals surface area contributed by atoms with Gasteiger partial charge in [-0.15, -0.1) is 0 Å². The van der Waals surface area contributed by atoms with Crippen LogP contribution in [0, 0.1) is 13.8 Å². The molecule has 2 aromatic carbocycles. The van der Waals surface area contributed by atoms with Gasteiger partial charge in [0.05, 0.1) is 0 Å². The first-order valence-corrected chi connectivity index (χ1v) is 8.76. The molecule has 0 spiro atoms. The summed E-state index contributed by atoms with van der Waals surface area (Å²) >= 11 is 1.28. The fourth-order valence-corrected chi connectivity index (χ4v) is 3.69. The highest BCUT2D eigenvalue weighted by Gasteiger charge is 2.31. The Labute approximate surface area is 150 Å². The van der Waals surface area contributed by atoms with Crippen molar-refractivity contribution in [1.29, 1.82) is 0 Å². The highest BCUT2D eigenvalue weighted by Crippen LogP contribution is 2.30. The number of aliphatic imine (C=N–C) groups is 1. The fourth-order valence-electron chi connectivity index (χ4n) is 2.62. The molecular weight excluding hydrogens is 336 g/mol. The molecule has 6 heteroatoms. The summed E-state index contributed by atoms with van der Waals surface area (Å²) in [5.74, 6) is -0.349. The molecule has 128 valence electrons. The molecule has 2 aromatic rings. The van der Waals surface area contributed by atoms with Crippen LogP contribution in [0.25, 0.3) is 0 Å². The number of benzene rings is 2. The molecule has 1 aliphatic rings. The van der Waals surface area contributed by atoms with E-state index in [2.05, 4.69) is 10.3 Å². The van der Waals surface area contributed by atoms with Crippen LogP contribution in [-0.4, -0.2) is 27.2 Å². The molecule has 3 rings (SSSR count). The van der Waals surface area contributed by atoms with E-state index >= 15 is 0 Å². The van der Waals surface area contributed by atoms with Crippen LogP contribution in [0.1, 0.15) is 23.1 Å². The van der Waals surface area contributed by atoms with E-state index in [0.717, 1.165) is 22.4 Å². The van der Waals surface area contributed by atoms with E-state index in [0.29, 0.717) is 5.04 Å². The summed E-state index contributed by atoms with van der Waals surface area (Å²) in [5.41, 5.74) is 3.52. The number of carbonyl (C=O) groups excluding carboxylic acids is 2. The molecule has 1 atom stereocenters. The molecule has 1 heterocycles. The van der Waals surface area contributed by atoms with Crippen molar-refractivity contribution in [2.24, 2.45) is 4.99 Å². The molecule has 2 N–H and O–H groups in total. The van der Waals surface area contributed by atoms with Crippen molar-refractivity contribution in [3.63, 3.8) is 0 Å². The van der Waals surface area contributed by atoms with Gasteiger partial charge < -0.3 is 10.4 Å². The number of amides is 2. The number of nitrogens with one attached hydrogen (secondary N) is 1. The average Bonchev–Trinajstić information content (AvgIpc) is 2.92. The van der Waals surface area contributed by atoms with Gasteiger partial charge in [-0.2, -0.15) is 0 Å². The number of para-hydroxylation sites is 1. The second kappa shape index (κ2) is 7.11. The molecule has 0 saturated carbocycles. The van der Waals surface area contributed by atoms with Gasteiger partial charge in [0.2, 0.25) is 5.91 Å². The Morgan fingerprint density at radius 3 is 2.44 bits per heavy atom. The topological polar surface area (TPSA) is 78.8 Å². The standard InChI is InChI=1S/C19H18N2O3S/c1-11-4-3-5-12(2)17(11)20-16(23)10-15-18(24)21-19(25-15)13-6-8-14(22)9-7-13/h3-9,15,22H,10H2,1-2H3,(H,20,23)/t15-/m1/s1. The highest BCUT2D eigenvalue weighted by molar-refractivity contribution is 8.16. The maximum absolute atomic E-state index is 12.3. The lowest BCUT2D eigenvalue weighted by atomic mass is 10.1. The van der Waals surface area contributed by atoms with Crippen LogP contribution in [0.15, 0.2) is 47.5 Å². The van der Waals surface area contributed by atoms with Crippen LogP contribution in [0.4, 0.5) is 5.69 Å². The molecule has 2 amide bonds. The predicted molar refractivity (Wildman–Crippen MR) is 100 cm³/mol. The molecule has 25 heavy (non-hydrogen) atoms. The number of phenols is 1. The highest BCUT2D eigenvalue weighted by atomic mass is 32.2. The molecular formula is C19H18N2O3S. The van der Waals surface area contributed by atoms with Crippen molar-refractivity contribution in [3.05, 3.63) is 59.2 Å². The maximum atomic E-state index is 12.3. The molecule has 0 radical (unpaired) electrons. The SMILES string of the molecule is Cc1cccc(C)c1NC(=O)C[C@H]1SC(c2ccc(O)cc2)=NC1=O. The minimum Gasteiger partial charge on any atom is -0.508 e. The monoisotopic (exact) mass is 354 g/mol. The van der Waals surface area contributed by atoms with Gasteiger partial charge in [0.15, 0.2) is 0 Å². The molecule has 0 unspecified atom stereocenters. The zero-order valence-electron chi connectivity index (χ0n) is 13.9. The summed E-state index contributed by atoms with van der Waals surface area (Å²) < 4.78 is 0. The lowest BCUT2D eigenvalue weighted by Crippen LogP contribution is -2.22. The summed E-state index contributed by atoms with van der Waals surface area (Å²) in [6, 6.07) is 12.3. The first-order valence-electron chi connectivity index (χ1n) is 7.88. The number of anilines is 1. The van der Waals surface area contributed by atoms with E-state index in [1.807, 2.05) is 32.0 Å². The Kier molecular flexibility index (Phi) is 4.90. The van der Waals surface area contributed by atoms with Gasteiger partial charge in [0.1, 0.15) is 16.0 Å². The van der Waals surface area contributed by atoms with Crippen LogP contribution in [0.2, 0.25) is 0 Å². The van der Waals surface area contributed by atoms with Crippen molar-refractivity contribution in [3.8, 4) is 5.75 Å². The molecule has 0 aromatic heterocycles. The van der Waals surface area contributed by atoms with Crippen LogP contribution >= 0.6 is 11.8 Å². The summed E-state index contributed by atoms with van der Waals surface area (Å²) in [7, 11) is 0. The van der Waals surface area contributed by atoms with Crippen molar-refractivity contribution in [1.82, 2.24) is 0 Å². The Bertz CT molecular complexity index is 839. The number of aryl methyl sites for hydroxylation is 2. The Morgan fingerprint density at radius 1 is 1.16 bits per heavy atom. The van der Waals surface area contributed by atoms with Gasteiger partial charge in [-0.25, -0.2) is 4.99 Å². The average molecular weight is 354 g/mol. The van der Waals surface area contributed by atoms with E-state index in [1.165, 1.54) is 11.8 Å². The summed E-state index contributed by atoms with van der Waals surface area (Å²) in [6.07, 6.45) is 0.0718. The van der Waals surface area contributed by atoms with Crippen molar-refractivity contribution < 1.29 is 14.7 Å². The Morgan fingerprint density at radius 2 is 1.80 bits per heavy atom. The fraction of sp³-hybridized carbons (Fsp3) is 0.211. The van der Waals surface area contributed by atoms with E-state index in [1.54, 1.807) is 24.3 Å². The van der Waals surface area contributed by atoms with Gasteiger partial charge in [0.25, 0.3) is 5.91 Å². The second-order valence-corrected chi connectivity index (χ2v) is 7.12. The Hall–Kier alpha value is -2.60. The van der Waals surface area contributed by atoms with Crippen LogP contribution in [-0.2, 0) is 9.59 Å². The number of nitrogens with zero attached hydrogens (tertiary/aromatic N) is 1. The predicted octanol–water partition coefficient (Wildman–Crippen LogP) is 3.43. The van der Waals surface area contributed by atoms with E-state index in [9.17, 15) is 14.7 Å². The van der Waals surface area contributed by atoms with Gasteiger partial charge in [-0.3, -0.25) is 9.59 Å². The van der Waals surface area contributed by atoms with Gasteiger partial charge in [0, 0.05) is 17.7 Å². The number of hydrogen-bond donors (Lipinski definition) is 2. The van der Waals surface area contributed by atoms with Crippen molar-refractivity contribution in [2.75, 3.05) is 5.32 Å². The quantitative estimate of drug-likeness (QED) is 0.882. The van der Waals surface area contributed by atoms with Crippen LogP contribution in [0.3, 0.4) is 0 Å². The van der Waals surface area contributed by atoms with Gasteiger partial charge in [-0.1, -0.05) is 30.0 Å². The van der Waals surface area contributed by atoms with E-state index in [-0.39, 0.29) is 24.0 Å². The molecule has 0 saturated heterocycles. The summed E-state index contributed by atoms with van der Waals surface area (Å²) in [6.45, 7) is 3.87. The number of hydrogen-bond acceptors (Lipinski definition) is 4. The first-order chi connectivity index (χ1) is 11.9. The van der Waals surface area contributed by atoms with Crippen LogP contribution in [0.5, 0.6) is 5.75 Å². The third kappa shape index (κ3) is 3.91. The second-order valence-electron chi connectivity index (χ2n) is 5.93. The number of phenolic OH excluding ortho intramolecular Hbond substituents is 1. The van der Waals surface area contributed by atoms with Gasteiger partial charge >= 0.3 is 0 Å². The number of aromatic hydroxyl groups is 1. The first kappa shape index (κ1) is 17.2. The molecule has 1 aliphatic heterocycles. The summed E-state index contributed by atoms with van der Waals surface area (Å²) in [4.78, 5) is 28.5. The molecule has 0 bridgehead atoms. The lowest BCUT2D eigenvalue weighted by molar-refractivity contribution is -0.121. The number of carbonyl (C=O) groups is 2. The summed E-state index contributed by atoms with van der Waals surface area (Å²) in [5, 5.41) is 12.3. The molecule has 0 aliphatic carbocycles. The maximum Gasteiger partial charge on any atom is 0.260 e. The molecule has 0 fully saturated rings. The number of thioether (sulfide) groups is 1. The molecule has 5 nitrogen and oxygen atoms in total. The van der Waals surface area contributed by atoms with E-state index in [4.69, 9.17) is 0 Å². The van der Waals surface area contributed by atoms with Crippen LogP contribution < -0.4 is 5.32 Å².